The minimum atomic E-state index is -1.08. The smallest absolute Gasteiger partial charge is 0.371 e. The molecule has 0 amide bonds. The standard InChI is InChI=1S/C13H15ClO4/c1-2-17-12(13(15)16)9-10-3-5-11(6-4-10)18-8-7-14/h3-6,9H,2,7-8H2,1H3,(H,15,16)/b12-9-. The Hall–Kier alpha value is -1.68. The molecule has 0 spiro atoms. The van der Waals surface area contributed by atoms with Crippen LogP contribution in [0, 0.1) is 0 Å². The maximum Gasteiger partial charge on any atom is 0.371 e. The van der Waals surface area contributed by atoms with E-state index in [2.05, 4.69) is 0 Å². The highest BCUT2D eigenvalue weighted by molar-refractivity contribution is 6.18. The van der Waals surface area contributed by atoms with Crippen molar-refractivity contribution in [3.05, 3.63) is 35.6 Å². The first kappa shape index (κ1) is 14.4. The van der Waals surface area contributed by atoms with Crippen LogP contribution in [0.5, 0.6) is 5.75 Å². The second-order valence-electron chi connectivity index (χ2n) is 3.35. The lowest BCUT2D eigenvalue weighted by Gasteiger charge is -2.05. The zero-order chi connectivity index (χ0) is 13.4. The largest absolute Gasteiger partial charge is 0.492 e. The number of carboxylic acids is 1. The summed E-state index contributed by atoms with van der Waals surface area (Å²) in [5.74, 6) is -0.0397. The van der Waals surface area contributed by atoms with Crippen molar-refractivity contribution < 1.29 is 19.4 Å². The van der Waals surface area contributed by atoms with Gasteiger partial charge in [0, 0.05) is 0 Å². The normalized spacial score (nSPS) is 11.1. The Bertz CT molecular complexity index is 412. The van der Waals surface area contributed by atoms with Gasteiger partial charge in [-0.25, -0.2) is 4.79 Å². The second kappa shape index (κ2) is 7.61. The van der Waals surface area contributed by atoms with Crippen molar-refractivity contribution in [3.63, 3.8) is 0 Å². The summed E-state index contributed by atoms with van der Waals surface area (Å²) in [7, 11) is 0. The summed E-state index contributed by atoms with van der Waals surface area (Å²) in [5.41, 5.74) is 0.735. The van der Waals surface area contributed by atoms with Gasteiger partial charge in [-0.05, 0) is 30.7 Å². The molecule has 0 saturated heterocycles. The van der Waals surface area contributed by atoms with Crippen LogP contribution < -0.4 is 4.74 Å². The SMILES string of the molecule is CCO/C(=C\c1ccc(OCCCl)cc1)C(=O)O. The highest BCUT2D eigenvalue weighted by atomic mass is 35.5. The van der Waals surface area contributed by atoms with Crippen LogP contribution in [0.25, 0.3) is 6.08 Å². The van der Waals surface area contributed by atoms with E-state index in [4.69, 9.17) is 26.2 Å². The predicted octanol–water partition coefficient (Wildman–Crippen LogP) is 2.77. The Balaban J connectivity index is 2.77. The molecule has 1 N–H and O–H groups in total. The average molecular weight is 271 g/mol. The number of ether oxygens (including phenoxy) is 2. The zero-order valence-corrected chi connectivity index (χ0v) is 10.8. The van der Waals surface area contributed by atoms with Gasteiger partial charge in [-0.3, -0.25) is 0 Å². The van der Waals surface area contributed by atoms with Crippen molar-refractivity contribution >= 4 is 23.6 Å². The fraction of sp³-hybridized carbons (Fsp3) is 0.308. The van der Waals surface area contributed by atoms with Crippen LogP contribution >= 0.6 is 11.6 Å². The van der Waals surface area contributed by atoms with Crippen molar-refractivity contribution in [3.8, 4) is 5.75 Å². The van der Waals surface area contributed by atoms with Gasteiger partial charge in [0.15, 0.2) is 0 Å². The minimum absolute atomic E-state index is 0.0769. The number of alkyl halides is 1. The van der Waals surface area contributed by atoms with Crippen molar-refractivity contribution in [2.45, 2.75) is 6.92 Å². The van der Waals surface area contributed by atoms with Gasteiger partial charge in [-0.15, -0.1) is 11.6 Å². The summed E-state index contributed by atoms with van der Waals surface area (Å²) in [6.07, 6.45) is 1.47. The van der Waals surface area contributed by atoms with E-state index >= 15 is 0 Å². The highest BCUT2D eigenvalue weighted by Crippen LogP contribution is 2.15. The van der Waals surface area contributed by atoms with E-state index in [9.17, 15) is 4.79 Å². The summed E-state index contributed by atoms with van der Waals surface area (Å²) in [6.45, 7) is 2.49. The van der Waals surface area contributed by atoms with E-state index in [1.165, 1.54) is 6.08 Å². The van der Waals surface area contributed by atoms with Crippen molar-refractivity contribution in [2.24, 2.45) is 0 Å². The molecule has 1 aromatic rings. The number of rotatable bonds is 7. The van der Waals surface area contributed by atoms with E-state index in [0.29, 0.717) is 24.8 Å². The van der Waals surface area contributed by atoms with Crippen LogP contribution in [-0.4, -0.2) is 30.2 Å². The first-order valence-corrected chi connectivity index (χ1v) is 6.07. The highest BCUT2D eigenvalue weighted by Gasteiger charge is 2.07. The van der Waals surface area contributed by atoms with E-state index in [0.717, 1.165) is 5.56 Å². The monoisotopic (exact) mass is 270 g/mol. The fourth-order valence-corrected chi connectivity index (χ4v) is 1.37. The molecule has 4 nitrogen and oxygen atoms in total. The third-order valence-corrected chi connectivity index (χ3v) is 2.19. The molecule has 0 aliphatic heterocycles. The van der Waals surface area contributed by atoms with Crippen molar-refractivity contribution in [1.29, 1.82) is 0 Å². The maximum atomic E-state index is 10.9. The Morgan fingerprint density at radius 2 is 2.06 bits per heavy atom. The van der Waals surface area contributed by atoms with Gasteiger partial charge in [0.05, 0.1) is 12.5 Å². The molecule has 0 heterocycles. The van der Waals surface area contributed by atoms with Crippen LogP contribution in [0.4, 0.5) is 0 Å². The molecular formula is C13H15ClO4. The molecule has 0 aromatic heterocycles. The molecule has 5 heteroatoms. The first-order valence-electron chi connectivity index (χ1n) is 5.54. The molecule has 0 bridgehead atoms. The van der Waals surface area contributed by atoms with Gasteiger partial charge in [-0.2, -0.15) is 0 Å². The molecule has 98 valence electrons. The number of aliphatic carboxylic acids is 1. The third kappa shape index (κ3) is 4.67. The fourth-order valence-electron chi connectivity index (χ4n) is 1.29. The number of hydrogen-bond acceptors (Lipinski definition) is 3. The number of benzene rings is 1. The summed E-state index contributed by atoms with van der Waals surface area (Å²) in [6, 6.07) is 7.02. The lowest BCUT2D eigenvalue weighted by atomic mass is 10.2. The number of hydrogen-bond donors (Lipinski definition) is 1. The van der Waals surface area contributed by atoms with Gasteiger partial charge in [0.2, 0.25) is 5.76 Å². The Kier molecular flexibility index (Phi) is 6.08. The lowest BCUT2D eigenvalue weighted by molar-refractivity contribution is -0.136. The van der Waals surface area contributed by atoms with Crippen LogP contribution in [-0.2, 0) is 9.53 Å². The van der Waals surface area contributed by atoms with Crippen LogP contribution in [0.2, 0.25) is 0 Å². The van der Waals surface area contributed by atoms with Crippen molar-refractivity contribution in [1.82, 2.24) is 0 Å². The number of halogens is 1. The Labute approximate surface area is 111 Å². The molecule has 0 aliphatic rings. The maximum absolute atomic E-state index is 10.9. The van der Waals surface area contributed by atoms with E-state index in [1.807, 2.05) is 0 Å². The summed E-state index contributed by atoms with van der Waals surface area (Å²) < 4.78 is 10.3. The molecule has 0 unspecified atom stereocenters. The minimum Gasteiger partial charge on any atom is -0.492 e. The molecule has 0 saturated carbocycles. The van der Waals surface area contributed by atoms with Crippen LogP contribution in [0.3, 0.4) is 0 Å². The molecule has 0 fully saturated rings. The van der Waals surface area contributed by atoms with Gasteiger partial charge < -0.3 is 14.6 Å². The Morgan fingerprint density at radius 1 is 1.39 bits per heavy atom. The summed E-state index contributed by atoms with van der Waals surface area (Å²) in [5, 5.41) is 8.90. The average Bonchev–Trinajstić information content (AvgIpc) is 2.37. The predicted molar refractivity (Wildman–Crippen MR) is 69.9 cm³/mol. The summed E-state index contributed by atoms with van der Waals surface area (Å²) in [4.78, 5) is 10.9. The molecule has 18 heavy (non-hydrogen) atoms. The molecule has 0 atom stereocenters. The molecule has 1 rings (SSSR count). The van der Waals surface area contributed by atoms with Gasteiger partial charge in [-0.1, -0.05) is 12.1 Å². The molecular weight excluding hydrogens is 256 g/mol. The van der Waals surface area contributed by atoms with Crippen LogP contribution in [0.15, 0.2) is 30.0 Å². The first-order chi connectivity index (χ1) is 8.67. The number of carbonyl (C=O) groups is 1. The molecule has 1 aromatic carbocycles. The van der Waals surface area contributed by atoms with E-state index < -0.39 is 5.97 Å². The summed E-state index contributed by atoms with van der Waals surface area (Å²) >= 11 is 5.50. The van der Waals surface area contributed by atoms with Gasteiger partial charge in [0.1, 0.15) is 12.4 Å². The lowest BCUT2D eigenvalue weighted by Crippen LogP contribution is -2.04. The van der Waals surface area contributed by atoms with Crippen LogP contribution in [0.1, 0.15) is 12.5 Å². The van der Waals surface area contributed by atoms with Crippen molar-refractivity contribution in [2.75, 3.05) is 19.1 Å². The molecule has 0 radical (unpaired) electrons. The molecule has 0 aliphatic carbocycles. The van der Waals surface area contributed by atoms with Gasteiger partial charge in [0.25, 0.3) is 0 Å². The third-order valence-electron chi connectivity index (χ3n) is 2.03. The quantitative estimate of drug-likeness (QED) is 0.470. The van der Waals surface area contributed by atoms with E-state index in [-0.39, 0.29) is 5.76 Å². The zero-order valence-electron chi connectivity index (χ0n) is 10.1. The second-order valence-corrected chi connectivity index (χ2v) is 3.73. The van der Waals surface area contributed by atoms with E-state index in [1.54, 1.807) is 31.2 Å². The topological polar surface area (TPSA) is 55.8 Å². The Morgan fingerprint density at radius 3 is 2.56 bits per heavy atom. The van der Waals surface area contributed by atoms with Gasteiger partial charge >= 0.3 is 5.97 Å². The number of carboxylic acid groups (broad SMARTS) is 1.